The topological polar surface area (TPSA) is 118 Å². The number of rotatable bonds is 5. The predicted octanol–water partition coefficient (Wildman–Crippen LogP) is 5.09. The van der Waals surface area contributed by atoms with E-state index in [9.17, 15) is 14.4 Å². The Bertz CT molecular complexity index is 1250. The van der Waals surface area contributed by atoms with Crippen LogP contribution in [-0.4, -0.2) is 38.7 Å². The fourth-order valence-electron chi connectivity index (χ4n) is 2.74. The quantitative estimate of drug-likeness (QED) is 0.392. The Morgan fingerprint density at radius 2 is 1.79 bits per heavy atom. The molecule has 172 valence electrons. The van der Waals surface area contributed by atoms with Crippen molar-refractivity contribution in [1.82, 2.24) is 25.4 Å². The Balaban J connectivity index is 1.85. The second-order valence-electron chi connectivity index (χ2n) is 6.92. The van der Waals surface area contributed by atoms with E-state index in [1.165, 1.54) is 29.1 Å². The summed E-state index contributed by atoms with van der Waals surface area (Å²) < 4.78 is 1.51. The van der Waals surface area contributed by atoms with Crippen molar-refractivity contribution in [2.45, 2.75) is 19.9 Å². The molecular weight excluding hydrogens is 559 g/mol. The number of hydrogen-bond acceptors (Lipinski definition) is 5. The van der Waals surface area contributed by atoms with E-state index in [-0.39, 0.29) is 43.9 Å². The second-order valence-corrected chi connectivity index (χ2v) is 8.98. The lowest BCUT2D eigenvalue weighted by Gasteiger charge is -2.15. The van der Waals surface area contributed by atoms with Gasteiger partial charge in [-0.2, -0.15) is 5.10 Å². The molecule has 2 aromatic heterocycles. The van der Waals surface area contributed by atoms with Gasteiger partial charge in [0.2, 0.25) is 0 Å². The zero-order valence-corrected chi connectivity index (χ0v) is 21.0. The van der Waals surface area contributed by atoms with Gasteiger partial charge in [0, 0.05) is 23.3 Å². The molecule has 0 saturated carbocycles. The van der Waals surface area contributed by atoms with Crippen molar-refractivity contribution in [1.29, 1.82) is 0 Å². The Morgan fingerprint density at radius 3 is 2.45 bits per heavy atom. The van der Waals surface area contributed by atoms with Gasteiger partial charge in [0.05, 0.1) is 21.3 Å². The van der Waals surface area contributed by atoms with E-state index < -0.39 is 17.8 Å². The highest BCUT2D eigenvalue weighted by atomic mass is 79.9. The molecule has 0 aliphatic rings. The van der Waals surface area contributed by atoms with Gasteiger partial charge in [-0.15, -0.1) is 0 Å². The Hall–Kier alpha value is -2.66. The molecule has 0 fully saturated rings. The van der Waals surface area contributed by atoms with Crippen molar-refractivity contribution in [3.8, 4) is 5.82 Å². The van der Waals surface area contributed by atoms with Gasteiger partial charge in [-0.05, 0) is 54.0 Å². The number of benzene rings is 1. The van der Waals surface area contributed by atoms with Crippen LogP contribution in [0.4, 0.5) is 10.5 Å². The van der Waals surface area contributed by atoms with Crippen LogP contribution in [0.15, 0.2) is 41.1 Å². The minimum absolute atomic E-state index is 0.00743. The summed E-state index contributed by atoms with van der Waals surface area (Å²) in [4.78, 5) is 42.1. The number of amides is 4. The first-order valence-electron chi connectivity index (χ1n) is 9.35. The minimum atomic E-state index is -0.932. The van der Waals surface area contributed by atoms with Crippen molar-refractivity contribution in [3.63, 3.8) is 0 Å². The maximum Gasteiger partial charge on any atom is 0.326 e. The molecular formula is C20H16BrCl3N6O3. The van der Waals surface area contributed by atoms with Gasteiger partial charge in [0.15, 0.2) is 5.82 Å². The molecule has 0 atom stereocenters. The van der Waals surface area contributed by atoms with Crippen LogP contribution in [0.3, 0.4) is 0 Å². The SMILES string of the molecule is CC(C)NC(=O)c1cc(Cl)cc(Cl)c1NC(=O)NC(=O)c1cc(Br)nn1-c1ncccc1Cl. The zero-order valence-electron chi connectivity index (χ0n) is 17.1. The third-order valence-electron chi connectivity index (χ3n) is 4.04. The van der Waals surface area contributed by atoms with E-state index in [2.05, 4.69) is 42.0 Å². The summed E-state index contributed by atoms with van der Waals surface area (Å²) in [5, 5.41) is 11.9. The first-order chi connectivity index (χ1) is 15.6. The van der Waals surface area contributed by atoms with Crippen molar-refractivity contribution < 1.29 is 14.4 Å². The second kappa shape index (κ2) is 10.5. The van der Waals surface area contributed by atoms with Crippen LogP contribution in [0, 0.1) is 0 Å². The molecule has 4 amide bonds. The van der Waals surface area contributed by atoms with E-state index in [0.29, 0.717) is 4.60 Å². The van der Waals surface area contributed by atoms with Gasteiger partial charge in [0.1, 0.15) is 10.3 Å². The average Bonchev–Trinajstić information content (AvgIpc) is 3.11. The molecule has 0 saturated heterocycles. The lowest BCUT2D eigenvalue weighted by Crippen LogP contribution is -2.37. The van der Waals surface area contributed by atoms with Crippen molar-refractivity contribution >= 4 is 74.3 Å². The monoisotopic (exact) mass is 572 g/mol. The highest BCUT2D eigenvalue weighted by molar-refractivity contribution is 9.10. The summed E-state index contributed by atoms with van der Waals surface area (Å²) in [5.74, 6) is -1.10. The average molecular weight is 575 g/mol. The highest BCUT2D eigenvalue weighted by Crippen LogP contribution is 2.30. The summed E-state index contributed by atoms with van der Waals surface area (Å²) in [6.07, 6.45) is 1.48. The molecule has 13 heteroatoms. The number of imide groups is 1. The first-order valence-corrected chi connectivity index (χ1v) is 11.3. The fourth-order valence-corrected chi connectivity index (χ4v) is 3.86. The molecule has 2 heterocycles. The number of carbonyl (C=O) groups is 3. The summed E-state index contributed by atoms with van der Waals surface area (Å²) >= 11 is 21.6. The van der Waals surface area contributed by atoms with Crippen LogP contribution in [0.25, 0.3) is 5.82 Å². The molecule has 3 N–H and O–H groups in total. The van der Waals surface area contributed by atoms with Gasteiger partial charge < -0.3 is 10.6 Å². The standard InChI is InChI=1S/C20H16BrCl3N6O3/c1-9(2)26-18(31)11-6-10(22)7-13(24)16(11)27-20(33)28-19(32)14-8-15(21)29-30(14)17-12(23)4-3-5-25-17/h3-9H,1-2H3,(H,26,31)(H2,27,28,32,33). The molecule has 3 aromatic rings. The molecule has 0 aliphatic carbocycles. The molecule has 1 aromatic carbocycles. The Morgan fingerprint density at radius 1 is 1.06 bits per heavy atom. The maximum absolute atomic E-state index is 12.8. The van der Waals surface area contributed by atoms with Crippen LogP contribution >= 0.6 is 50.7 Å². The van der Waals surface area contributed by atoms with Crippen LogP contribution in [0.5, 0.6) is 0 Å². The highest BCUT2D eigenvalue weighted by Gasteiger charge is 2.23. The van der Waals surface area contributed by atoms with Crippen molar-refractivity contribution in [2.75, 3.05) is 5.32 Å². The fraction of sp³-hybridized carbons (Fsp3) is 0.150. The first kappa shape index (κ1) is 25.0. The number of hydrogen-bond donors (Lipinski definition) is 3. The summed E-state index contributed by atoms with van der Waals surface area (Å²) in [6.45, 7) is 3.55. The number of nitrogens with one attached hydrogen (secondary N) is 3. The zero-order chi connectivity index (χ0) is 24.3. The smallest absolute Gasteiger partial charge is 0.326 e. The lowest BCUT2D eigenvalue weighted by molar-refractivity contribution is 0.0941. The maximum atomic E-state index is 12.8. The Labute approximate surface area is 211 Å². The third-order valence-corrected chi connectivity index (χ3v) is 5.24. The molecule has 0 aliphatic heterocycles. The number of nitrogens with zero attached hydrogens (tertiary/aromatic N) is 3. The van der Waals surface area contributed by atoms with Crippen LogP contribution in [0.2, 0.25) is 15.1 Å². The van der Waals surface area contributed by atoms with Crippen molar-refractivity contribution in [3.05, 3.63) is 67.5 Å². The molecule has 0 bridgehead atoms. The number of aromatic nitrogens is 3. The number of urea groups is 1. The van der Waals surface area contributed by atoms with Gasteiger partial charge in [0.25, 0.3) is 11.8 Å². The largest absolute Gasteiger partial charge is 0.350 e. The number of pyridine rings is 1. The van der Waals surface area contributed by atoms with Gasteiger partial charge in [-0.25, -0.2) is 14.5 Å². The van der Waals surface area contributed by atoms with Gasteiger partial charge in [-0.1, -0.05) is 34.8 Å². The number of halogens is 4. The molecule has 9 nitrogen and oxygen atoms in total. The molecule has 33 heavy (non-hydrogen) atoms. The minimum Gasteiger partial charge on any atom is -0.350 e. The van der Waals surface area contributed by atoms with E-state index in [0.717, 1.165) is 0 Å². The van der Waals surface area contributed by atoms with Crippen LogP contribution < -0.4 is 16.0 Å². The number of anilines is 1. The predicted molar refractivity (Wildman–Crippen MR) is 130 cm³/mol. The summed E-state index contributed by atoms with van der Waals surface area (Å²) in [6, 6.07) is 6.22. The van der Waals surface area contributed by atoms with Crippen LogP contribution in [-0.2, 0) is 0 Å². The van der Waals surface area contributed by atoms with Crippen molar-refractivity contribution in [2.24, 2.45) is 0 Å². The van der Waals surface area contributed by atoms with Crippen LogP contribution in [0.1, 0.15) is 34.7 Å². The van der Waals surface area contributed by atoms with Gasteiger partial charge in [-0.3, -0.25) is 14.9 Å². The molecule has 0 unspecified atom stereocenters. The molecule has 0 spiro atoms. The Kier molecular flexibility index (Phi) is 7.96. The normalized spacial score (nSPS) is 10.8. The lowest BCUT2D eigenvalue weighted by atomic mass is 10.1. The van der Waals surface area contributed by atoms with E-state index >= 15 is 0 Å². The van der Waals surface area contributed by atoms with Gasteiger partial charge >= 0.3 is 6.03 Å². The van der Waals surface area contributed by atoms with E-state index in [4.69, 9.17) is 34.8 Å². The summed E-state index contributed by atoms with van der Waals surface area (Å²) in [5.41, 5.74) is 0.0152. The van der Waals surface area contributed by atoms with E-state index in [1.54, 1.807) is 26.0 Å². The molecule has 0 radical (unpaired) electrons. The number of carbonyl (C=O) groups excluding carboxylic acids is 3. The molecule has 3 rings (SSSR count). The third kappa shape index (κ3) is 6.02. The van der Waals surface area contributed by atoms with E-state index in [1.807, 2.05) is 0 Å². The summed E-state index contributed by atoms with van der Waals surface area (Å²) in [7, 11) is 0.